The van der Waals surface area contributed by atoms with Gasteiger partial charge in [-0.25, -0.2) is 4.90 Å². The summed E-state index contributed by atoms with van der Waals surface area (Å²) in [5, 5.41) is 0. The Balaban J connectivity index is 1.97. The maximum absolute atomic E-state index is 12.7. The van der Waals surface area contributed by atoms with Crippen LogP contribution in [0.5, 0.6) is 5.75 Å². The first-order valence-corrected chi connectivity index (χ1v) is 7.64. The summed E-state index contributed by atoms with van der Waals surface area (Å²) in [5.41, 5.74) is 0.370. The highest BCUT2D eigenvalue weighted by Gasteiger charge is 2.50. The van der Waals surface area contributed by atoms with Gasteiger partial charge in [0.1, 0.15) is 0 Å². The van der Waals surface area contributed by atoms with Crippen LogP contribution in [-0.2, 0) is 14.4 Å². The second-order valence-corrected chi connectivity index (χ2v) is 6.20. The molecule has 22 heavy (non-hydrogen) atoms. The Kier molecular flexibility index (Phi) is 3.72. The van der Waals surface area contributed by atoms with E-state index in [9.17, 15) is 14.4 Å². The van der Waals surface area contributed by atoms with Crippen molar-refractivity contribution in [1.29, 1.82) is 0 Å². The van der Waals surface area contributed by atoms with Crippen LogP contribution in [0, 0.1) is 17.8 Å². The second-order valence-electron chi connectivity index (χ2n) is 6.20. The average Bonchev–Trinajstić information content (AvgIpc) is 2.71. The molecule has 2 amide bonds. The predicted octanol–water partition coefficient (Wildman–Crippen LogP) is 2.54. The highest BCUT2D eigenvalue weighted by atomic mass is 16.5. The van der Waals surface area contributed by atoms with Gasteiger partial charge in [-0.2, -0.15) is 0 Å². The van der Waals surface area contributed by atoms with Crippen molar-refractivity contribution < 1.29 is 19.1 Å². The van der Waals surface area contributed by atoms with E-state index in [1.165, 1.54) is 11.8 Å². The van der Waals surface area contributed by atoms with E-state index in [2.05, 4.69) is 6.92 Å². The zero-order valence-electron chi connectivity index (χ0n) is 12.7. The zero-order chi connectivity index (χ0) is 15.9. The Morgan fingerprint density at radius 2 is 1.82 bits per heavy atom. The fourth-order valence-electron chi connectivity index (χ4n) is 3.51. The number of hydrogen-bond acceptors (Lipinski definition) is 4. The first-order chi connectivity index (χ1) is 10.5. The van der Waals surface area contributed by atoms with Crippen LogP contribution < -0.4 is 9.64 Å². The van der Waals surface area contributed by atoms with Crippen LogP contribution in [0.15, 0.2) is 24.3 Å². The Hall–Kier alpha value is -2.17. The van der Waals surface area contributed by atoms with Gasteiger partial charge < -0.3 is 4.74 Å². The largest absolute Gasteiger partial charge is 0.424 e. The molecule has 3 rings (SSSR count). The van der Waals surface area contributed by atoms with Gasteiger partial charge in [-0.3, -0.25) is 14.4 Å². The minimum atomic E-state index is -0.474. The molecule has 1 saturated carbocycles. The van der Waals surface area contributed by atoms with Gasteiger partial charge in [-0.15, -0.1) is 0 Å². The molecule has 0 bridgehead atoms. The molecule has 1 aromatic rings. The Morgan fingerprint density at radius 1 is 1.14 bits per heavy atom. The number of esters is 1. The predicted molar refractivity (Wildman–Crippen MR) is 80.2 cm³/mol. The molecule has 0 radical (unpaired) electrons. The summed E-state index contributed by atoms with van der Waals surface area (Å²) in [7, 11) is 0. The number of benzene rings is 1. The summed E-state index contributed by atoms with van der Waals surface area (Å²) >= 11 is 0. The van der Waals surface area contributed by atoms with E-state index in [-0.39, 0.29) is 29.4 Å². The van der Waals surface area contributed by atoms with E-state index in [4.69, 9.17) is 4.74 Å². The summed E-state index contributed by atoms with van der Waals surface area (Å²) < 4.78 is 5.14. The number of ether oxygens (including phenoxy) is 1. The van der Waals surface area contributed by atoms with E-state index in [1.807, 2.05) is 0 Å². The fourth-order valence-corrected chi connectivity index (χ4v) is 3.51. The van der Waals surface area contributed by atoms with Gasteiger partial charge in [-0.1, -0.05) is 19.1 Å². The van der Waals surface area contributed by atoms with Crippen LogP contribution in [0.1, 0.15) is 33.1 Å². The van der Waals surface area contributed by atoms with Gasteiger partial charge in [0.15, 0.2) is 5.75 Å². The number of nitrogens with zero attached hydrogens (tertiary/aromatic N) is 1. The fraction of sp³-hybridized carbons (Fsp3) is 0.471. The molecule has 1 heterocycles. The molecule has 5 nitrogen and oxygen atoms in total. The Morgan fingerprint density at radius 3 is 2.55 bits per heavy atom. The van der Waals surface area contributed by atoms with E-state index in [0.717, 1.165) is 19.3 Å². The maximum atomic E-state index is 12.7. The van der Waals surface area contributed by atoms with Crippen LogP contribution in [0.4, 0.5) is 5.69 Å². The van der Waals surface area contributed by atoms with Gasteiger partial charge in [0, 0.05) is 6.92 Å². The number of amides is 2. The molecule has 0 spiro atoms. The number of fused-ring (bicyclic) bond motifs is 1. The third-order valence-electron chi connectivity index (χ3n) is 4.55. The molecule has 0 unspecified atom stereocenters. The Labute approximate surface area is 129 Å². The third kappa shape index (κ3) is 2.40. The second kappa shape index (κ2) is 5.55. The van der Waals surface area contributed by atoms with Crippen molar-refractivity contribution in [3.05, 3.63) is 24.3 Å². The van der Waals surface area contributed by atoms with Gasteiger partial charge >= 0.3 is 5.97 Å². The van der Waals surface area contributed by atoms with Gasteiger partial charge in [0.25, 0.3) is 0 Å². The zero-order valence-corrected chi connectivity index (χ0v) is 12.7. The standard InChI is InChI=1S/C17H19NO4/c1-10-7-8-12-13(9-10)17(21)18(16(12)20)14-5-3-4-6-15(14)22-11(2)19/h3-6,10,12-13H,7-9H2,1-2H3/t10-,12+,13-/m0/s1. The number of carbonyl (C=O) groups excluding carboxylic acids is 3. The van der Waals surface area contributed by atoms with Crippen LogP contribution in [0.3, 0.4) is 0 Å². The summed E-state index contributed by atoms with van der Waals surface area (Å²) in [6, 6.07) is 6.69. The number of para-hydroxylation sites is 2. The minimum absolute atomic E-state index is 0.165. The Bertz CT molecular complexity index is 639. The SMILES string of the molecule is CC(=O)Oc1ccccc1N1C(=O)[C@H]2C[C@@H](C)CC[C@H]2C1=O. The van der Waals surface area contributed by atoms with Crippen LogP contribution in [-0.4, -0.2) is 17.8 Å². The number of hydrogen-bond donors (Lipinski definition) is 0. The summed E-state index contributed by atoms with van der Waals surface area (Å²) in [6.45, 7) is 3.41. The minimum Gasteiger partial charge on any atom is -0.424 e. The van der Waals surface area contributed by atoms with E-state index >= 15 is 0 Å². The number of rotatable bonds is 2. The lowest BCUT2D eigenvalue weighted by atomic mass is 9.76. The molecule has 0 aromatic heterocycles. The first kappa shape index (κ1) is 14.8. The quantitative estimate of drug-likeness (QED) is 0.478. The monoisotopic (exact) mass is 301 g/mol. The summed E-state index contributed by atoms with van der Waals surface area (Å²) in [5.74, 6) is -0.555. The number of imide groups is 1. The van der Waals surface area contributed by atoms with Crippen molar-refractivity contribution in [1.82, 2.24) is 0 Å². The van der Waals surface area contributed by atoms with Crippen molar-refractivity contribution in [2.75, 3.05) is 4.90 Å². The van der Waals surface area contributed by atoms with Crippen LogP contribution in [0.2, 0.25) is 0 Å². The summed E-state index contributed by atoms with van der Waals surface area (Å²) in [4.78, 5) is 37.8. The van der Waals surface area contributed by atoms with Gasteiger partial charge in [-0.05, 0) is 37.3 Å². The number of carbonyl (C=O) groups is 3. The molecule has 2 aliphatic rings. The molecule has 5 heteroatoms. The van der Waals surface area contributed by atoms with E-state index in [1.54, 1.807) is 24.3 Å². The van der Waals surface area contributed by atoms with Crippen molar-refractivity contribution in [3.63, 3.8) is 0 Å². The van der Waals surface area contributed by atoms with Gasteiger partial charge in [0.2, 0.25) is 11.8 Å². The number of anilines is 1. The molecule has 1 aliphatic carbocycles. The third-order valence-corrected chi connectivity index (χ3v) is 4.55. The summed E-state index contributed by atoms with van der Waals surface area (Å²) in [6.07, 6.45) is 2.48. The first-order valence-electron chi connectivity index (χ1n) is 7.64. The molecule has 1 aromatic carbocycles. The van der Waals surface area contributed by atoms with E-state index < -0.39 is 5.97 Å². The van der Waals surface area contributed by atoms with Crippen molar-refractivity contribution in [2.45, 2.75) is 33.1 Å². The highest BCUT2D eigenvalue weighted by molar-refractivity contribution is 6.22. The molecule has 3 atom stereocenters. The van der Waals surface area contributed by atoms with E-state index in [0.29, 0.717) is 11.6 Å². The molecular weight excluding hydrogens is 282 g/mol. The molecular formula is C17H19NO4. The topological polar surface area (TPSA) is 63.7 Å². The maximum Gasteiger partial charge on any atom is 0.308 e. The normalized spacial score (nSPS) is 27.7. The van der Waals surface area contributed by atoms with Crippen molar-refractivity contribution >= 4 is 23.5 Å². The molecule has 1 saturated heterocycles. The lowest BCUT2D eigenvalue weighted by Crippen LogP contribution is -2.31. The smallest absolute Gasteiger partial charge is 0.308 e. The molecule has 1 aliphatic heterocycles. The average molecular weight is 301 g/mol. The molecule has 2 fully saturated rings. The van der Waals surface area contributed by atoms with Gasteiger partial charge in [0.05, 0.1) is 17.5 Å². The van der Waals surface area contributed by atoms with Crippen molar-refractivity contribution in [3.8, 4) is 5.75 Å². The lowest BCUT2D eigenvalue weighted by molar-refractivity contribution is -0.132. The van der Waals surface area contributed by atoms with Crippen molar-refractivity contribution in [2.24, 2.45) is 17.8 Å². The van der Waals surface area contributed by atoms with Crippen LogP contribution in [0.25, 0.3) is 0 Å². The molecule has 0 N–H and O–H groups in total. The highest BCUT2D eigenvalue weighted by Crippen LogP contribution is 2.43. The van der Waals surface area contributed by atoms with Crippen LogP contribution >= 0.6 is 0 Å². The lowest BCUT2D eigenvalue weighted by Gasteiger charge is -2.25. The molecule has 116 valence electrons.